The van der Waals surface area contributed by atoms with Gasteiger partial charge in [0.05, 0.1) is 5.39 Å². The molecule has 1 N–H and O–H groups in total. The minimum Gasteiger partial charge on any atom is -0.370 e. The van der Waals surface area contributed by atoms with Crippen molar-refractivity contribution >= 4 is 27.4 Å². The molecular formula is C16H15N3S. The molecule has 2 aromatic heterocycles. The average Bonchev–Trinajstić information content (AvgIpc) is 2.89. The molecule has 0 aliphatic heterocycles. The summed E-state index contributed by atoms with van der Waals surface area (Å²) in [5.74, 6) is 2.28. The summed E-state index contributed by atoms with van der Waals surface area (Å²) in [4.78, 5) is 10.6. The van der Waals surface area contributed by atoms with E-state index in [1.807, 2.05) is 0 Å². The standard InChI is InChI=1S/C16H15N3S/c1-2-17-14-12-7-8-20-16(12)19-15(18-14)13-9-10-5-3-4-6-11(10)13/h3-8,13H,2,9H2,1H3,(H,17,18,19). The molecule has 1 aliphatic rings. The van der Waals surface area contributed by atoms with Crippen LogP contribution in [0.1, 0.15) is 29.8 Å². The van der Waals surface area contributed by atoms with Gasteiger partial charge in [0, 0.05) is 12.5 Å². The number of anilines is 1. The highest BCUT2D eigenvalue weighted by Crippen LogP contribution is 2.39. The Labute approximate surface area is 121 Å². The number of aromatic nitrogens is 2. The molecule has 100 valence electrons. The van der Waals surface area contributed by atoms with E-state index in [1.54, 1.807) is 11.3 Å². The highest BCUT2D eigenvalue weighted by atomic mass is 32.1. The first-order chi connectivity index (χ1) is 9.86. The van der Waals surface area contributed by atoms with Gasteiger partial charge in [-0.05, 0) is 35.9 Å². The van der Waals surface area contributed by atoms with Crippen molar-refractivity contribution in [1.82, 2.24) is 9.97 Å². The molecule has 2 heterocycles. The molecule has 1 aliphatic carbocycles. The number of nitrogens with one attached hydrogen (secondary N) is 1. The van der Waals surface area contributed by atoms with Crippen LogP contribution in [0, 0.1) is 0 Å². The lowest BCUT2D eigenvalue weighted by Gasteiger charge is -2.29. The first-order valence-electron chi connectivity index (χ1n) is 6.93. The van der Waals surface area contributed by atoms with E-state index in [0.29, 0.717) is 5.92 Å². The fourth-order valence-electron chi connectivity index (χ4n) is 2.82. The molecule has 4 rings (SSSR count). The second kappa shape index (κ2) is 4.56. The maximum Gasteiger partial charge on any atom is 0.140 e. The van der Waals surface area contributed by atoms with Crippen molar-refractivity contribution in [3.8, 4) is 0 Å². The molecule has 3 aromatic rings. The normalized spacial score (nSPS) is 16.8. The molecule has 20 heavy (non-hydrogen) atoms. The van der Waals surface area contributed by atoms with Crippen LogP contribution >= 0.6 is 11.3 Å². The predicted octanol–water partition coefficient (Wildman–Crippen LogP) is 3.81. The predicted molar refractivity (Wildman–Crippen MR) is 83.6 cm³/mol. The Kier molecular flexibility index (Phi) is 2.70. The smallest absolute Gasteiger partial charge is 0.140 e. The monoisotopic (exact) mass is 281 g/mol. The van der Waals surface area contributed by atoms with E-state index in [2.05, 4.69) is 48.0 Å². The molecule has 1 unspecified atom stereocenters. The lowest BCUT2D eigenvalue weighted by molar-refractivity contribution is 0.665. The van der Waals surface area contributed by atoms with E-state index < -0.39 is 0 Å². The maximum absolute atomic E-state index is 4.77. The van der Waals surface area contributed by atoms with Crippen LogP contribution in [0.4, 0.5) is 5.82 Å². The van der Waals surface area contributed by atoms with Gasteiger partial charge in [-0.3, -0.25) is 0 Å². The number of hydrogen-bond acceptors (Lipinski definition) is 4. The van der Waals surface area contributed by atoms with Gasteiger partial charge in [0.15, 0.2) is 0 Å². The zero-order chi connectivity index (χ0) is 13.5. The Hall–Kier alpha value is -1.94. The van der Waals surface area contributed by atoms with Crippen molar-refractivity contribution in [3.63, 3.8) is 0 Å². The van der Waals surface area contributed by atoms with E-state index >= 15 is 0 Å². The number of nitrogens with zero attached hydrogens (tertiary/aromatic N) is 2. The van der Waals surface area contributed by atoms with Crippen LogP contribution in [0.2, 0.25) is 0 Å². The van der Waals surface area contributed by atoms with Gasteiger partial charge < -0.3 is 5.32 Å². The number of hydrogen-bond donors (Lipinski definition) is 1. The van der Waals surface area contributed by atoms with Gasteiger partial charge in [0.2, 0.25) is 0 Å². The minimum atomic E-state index is 0.357. The second-order valence-electron chi connectivity index (χ2n) is 5.06. The molecule has 0 radical (unpaired) electrons. The van der Waals surface area contributed by atoms with Crippen LogP contribution in [0.3, 0.4) is 0 Å². The van der Waals surface area contributed by atoms with Gasteiger partial charge in [-0.1, -0.05) is 24.3 Å². The van der Waals surface area contributed by atoms with Crippen LogP contribution < -0.4 is 5.32 Å². The fraction of sp³-hybridized carbons (Fsp3) is 0.250. The van der Waals surface area contributed by atoms with E-state index in [-0.39, 0.29) is 0 Å². The first-order valence-corrected chi connectivity index (χ1v) is 7.81. The van der Waals surface area contributed by atoms with Crippen molar-refractivity contribution in [1.29, 1.82) is 0 Å². The van der Waals surface area contributed by atoms with Crippen molar-refractivity contribution in [2.75, 3.05) is 11.9 Å². The van der Waals surface area contributed by atoms with Gasteiger partial charge in [0.1, 0.15) is 16.5 Å². The molecule has 1 atom stereocenters. The minimum absolute atomic E-state index is 0.357. The summed E-state index contributed by atoms with van der Waals surface area (Å²) in [5.41, 5.74) is 2.81. The topological polar surface area (TPSA) is 37.8 Å². The zero-order valence-electron chi connectivity index (χ0n) is 11.3. The van der Waals surface area contributed by atoms with Crippen molar-refractivity contribution < 1.29 is 0 Å². The third-order valence-corrected chi connectivity index (χ3v) is 4.66. The zero-order valence-corrected chi connectivity index (χ0v) is 12.1. The lowest BCUT2D eigenvalue weighted by Crippen LogP contribution is -2.20. The third kappa shape index (κ3) is 1.72. The maximum atomic E-state index is 4.77. The number of fused-ring (bicyclic) bond motifs is 2. The Morgan fingerprint density at radius 2 is 2.15 bits per heavy atom. The van der Waals surface area contributed by atoms with Crippen molar-refractivity contribution in [2.45, 2.75) is 19.3 Å². The Morgan fingerprint density at radius 1 is 1.25 bits per heavy atom. The van der Waals surface area contributed by atoms with E-state index in [4.69, 9.17) is 9.97 Å². The molecular weight excluding hydrogens is 266 g/mol. The first kappa shape index (κ1) is 11.9. The van der Waals surface area contributed by atoms with Gasteiger partial charge >= 0.3 is 0 Å². The summed E-state index contributed by atoms with van der Waals surface area (Å²) in [6, 6.07) is 10.7. The molecule has 3 nitrogen and oxygen atoms in total. The summed E-state index contributed by atoms with van der Waals surface area (Å²) in [6.45, 7) is 2.97. The fourth-order valence-corrected chi connectivity index (χ4v) is 3.59. The molecule has 1 aromatic carbocycles. The van der Waals surface area contributed by atoms with E-state index in [1.165, 1.54) is 11.1 Å². The quantitative estimate of drug-likeness (QED) is 0.793. The summed E-state index contributed by atoms with van der Waals surface area (Å²) in [6.07, 6.45) is 1.05. The summed E-state index contributed by atoms with van der Waals surface area (Å²) < 4.78 is 0. The largest absolute Gasteiger partial charge is 0.370 e. The molecule has 0 saturated heterocycles. The molecule has 4 heteroatoms. The van der Waals surface area contributed by atoms with Crippen molar-refractivity contribution in [2.24, 2.45) is 0 Å². The molecule has 0 fully saturated rings. The molecule has 0 bridgehead atoms. The van der Waals surface area contributed by atoms with Crippen LogP contribution in [0.25, 0.3) is 10.2 Å². The van der Waals surface area contributed by atoms with Crippen molar-refractivity contribution in [3.05, 3.63) is 52.7 Å². The van der Waals surface area contributed by atoms with Crippen LogP contribution in [0.5, 0.6) is 0 Å². The lowest BCUT2D eigenvalue weighted by atomic mass is 9.77. The van der Waals surface area contributed by atoms with Crippen LogP contribution in [0.15, 0.2) is 35.7 Å². The number of rotatable bonds is 3. The van der Waals surface area contributed by atoms with Crippen LogP contribution in [-0.4, -0.2) is 16.5 Å². The van der Waals surface area contributed by atoms with Gasteiger partial charge in [-0.25, -0.2) is 9.97 Å². The second-order valence-corrected chi connectivity index (χ2v) is 5.95. The summed E-state index contributed by atoms with van der Waals surface area (Å²) in [7, 11) is 0. The highest BCUT2D eigenvalue weighted by Gasteiger charge is 2.30. The molecule has 0 saturated carbocycles. The summed E-state index contributed by atoms with van der Waals surface area (Å²) in [5, 5.41) is 6.57. The number of benzene rings is 1. The molecule has 0 spiro atoms. The van der Waals surface area contributed by atoms with Gasteiger partial charge in [0.25, 0.3) is 0 Å². The SMILES string of the molecule is CCNc1nc(C2Cc3ccccc32)nc2sccc12. The average molecular weight is 281 g/mol. The Balaban J connectivity index is 1.81. The highest BCUT2D eigenvalue weighted by molar-refractivity contribution is 7.16. The van der Waals surface area contributed by atoms with E-state index in [0.717, 1.165) is 34.8 Å². The Morgan fingerprint density at radius 3 is 3.00 bits per heavy atom. The Bertz CT molecular complexity index is 778. The molecule has 0 amide bonds. The van der Waals surface area contributed by atoms with E-state index in [9.17, 15) is 0 Å². The number of thiophene rings is 1. The third-order valence-electron chi connectivity index (χ3n) is 3.85. The van der Waals surface area contributed by atoms with Crippen LogP contribution in [-0.2, 0) is 6.42 Å². The van der Waals surface area contributed by atoms with Gasteiger partial charge in [-0.15, -0.1) is 11.3 Å². The summed E-state index contributed by atoms with van der Waals surface area (Å²) >= 11 is 1.68. The van der Waals surface area contributed by atoms with Gasteiger partial charge in [-0.2, -0.15) is 0 Å².